The number of urea groups is 1. The zero-order valence-electron chi connectivity index (χ0n) is 16.0. The molecule has 2 aliphatic rings. The van der Waals surface area contributed by atoms with Gasteiger partial charge in [-0.3, -0.25) is 15.0 Å². The van der Waals surface area contributed by atoms with E-state index in [9.17, 15) is 18.4 Å². The van der Waals surface area contributed by atoms with Crippen molar-refractivity contribution in [3.8, 4) is 0 Å². The van der Waals surface area contributed by atoms with Gasteiger partial charge in [0, 0.05) is 19.3 Å². The molecule has 158 valence electrons. The van der Waals surface area contributed by atoms with Gasteiger partial charge in [-0.2, -0.15) is 0 Å². The fraction of sp³-hybridized carbons (Fsp3) is 0.368. The number of amides is 3. The Balaban J connectivity index is 1.60. The minimum atomic E-state index is -3.21. The van der Waals surface area contributed by atoms with E-state index in [1.807, 2.05) is 0 Å². The van der Waals surface area contributed by atoms with E-state index in [-0.39, 0.29) is 11.7 Å². The van der Waals surface area contributed by atoms with E-state index in [0.29, 0.717) is 23.9 Å². The van der Waals surface area contributed by atoms with E-state index in [2.05, 4.69) is 25.5 Å². The molecule has 2 aliphatic heterocycles. The highest BCUT2D eigenvalue weighted by atomic mass is 19.3. The molecule has 1 saturated heterocycles. The Kier molecular flexibility index (Phi) is 5.20. The Bertz CT molecular complexity index is 957. The largest absolute Gasteiger partial charge is 0.366 e. The number of alkyl halides is 2. The summed E-state index contributed by atoms with van der Waals surface area (Å²) in [6, 6.07) is 7.76. The number of carbonyl (C=O) groups is 2. The van der Waals surface area contributed by atoms with Crippen LogP contribution in [0.1, 0.15) is 16.9 Å². The van der Waals surface area contributed by atoms with Crippen molar-refractivity contribution in [3.05, 3.63) is 42.2 Å². The molecule has 1 fully saturated rings. The number of pyridine rings is 2. The van der Waals surface area contributed by atoms with Crippen LogP contribution in [0.5, 0.6) is 0 Å². The summed E-state index contributed by atoms with van der Waals surface area (Å²) in [6.07, 6.45) is 2.31. The van der Waals surface area contributed by atoms with Crippen LogP contribution in [0.3, 0.4) is 0 Å². The number of aromatic nitrogens is 2. The van der Waals surface area contributed by atoms with Crippen LogP contribution in [0.4, 0.5) is 30.9 Å². The summed E-state index contributed by atoms with van der Waals surface area (Å²) in [6.45, 7) is -0.359. The van der Waals surface area contributed by atoms with Crippen molar-refractivity contribution in [1.29, 1.82) is 0 Å². The number of carbonyl (C=O) groups excluding carboxylic acids is 2. The first kappa shape index (κ1) is 20.0. The monoisotopic (exact) mass is 417 g/mol. The summed E-state index contributed by atoms with van der Waals surface area (Å²) >= 11 is 0. The molecule has 0 spiro atoms. The zero-order chi connectivity index (χ0) is 21.3. The smallest absolute Gasteiger partial charge is 0.329 e. The first-order valence-corrected chi connectivity index (χ1v) is 9.51. The predicted octanol–water partition coefficient (Wildman–Crippen LogP) is 1.43. The van der Waals surface area contributed by atoms with Gasteiger partial charge < -0.3 is 16.0 Å². The standard InChI is InChI=1S/C19H21F2N7O2/c20-19(21,10-22)11-24-17(29)13-4-5-14-16(25-13)28(12-6-8-27(14)9-12)18(30)26-15-3-1-2-7-23-15/h1-5,7,12H,6,8-11,22H2,(H,24,29)(H,23,26,30). The quantitative estimate of drug-likeness (QED) is 0.678. The number of anilines is 3. The van der Waals surface area contributed by atoms with E-state index in [1.165, 1.54) is 11.0 Å². The van der Waals surface area contributed by atoms with Gasteiger partial charge in [0.2, 0.25) is 0 Å². The molecule has 1 unspecified atom stereocenters. The van der Waals surface area contributed by atoms with Crippen LogP contribution in [0.15, 0.2) is 36.5 Å². The lowest BCUT2D eigenvalue weighted by molar-refractivity contribution is 0.0118. The minimum Gasteiger partial charge on any atom is -0.366 e. The van der Waals surface area contributed by atoms with Crippen LogP contribution in [-0.4, -0.2) is 60.0 Å². The molecule has 0 aromatic carbocycles. The van der Waals surface area contributed by atoms with Gasteiger partial charge in [0.25, 0.3) is 11.8 Å². The van der Waals surface area contributed by atoms with E-state index in [1.54, 1.807) is 30.5 Å². The molecular weight excluding hydrogens is 396 g/mol. The highest BCUT2D eigenvalue weighted by molar-refractivity contribution is 6.05. The third-order valence-electron chi connectivity index (χ3n) is 5.11. The lowest BCUT2D eigenvalue weighted by Crippen LogP contribution is -2.48. The third-order valence-corrected chi connectivity index (χ3v) is 5.11. The van der Waals surface area contributed by atoms with Crippen LogP contribution in [0, 0.1) is 0 Å². The van der Waals surface area contributed by atoms with Gasteiger partial charge in [0.15, 0.2) is 5.82 Å². The fourth-order valence-corrected chi connectivity index (χ4v) is 3.58. The molecule has 1 atom stereocenters. The lowest BCUT2D eigenvalue weighted by atomic mass is 10.1. The van der Waals surface area contributed by atoms with E-state index >= 15 is 0 Å². The average Bonchev–Trinajstić information content (AvgIpc) is 3.16. The van der Waals surface area contributed by atoms with E-state index < -0.39 is 31.0 Å². The summed E-state index contributed by atoms with van der Waals surface area (Å²) in [5.74, 6) is -3.26. The number of hydrogen-bond acceptors (Lipinski definition) is 6. The SMILES string of the molecule is NCC(F)(F)CNC(=O)c1ccc2c(n1)N(C(=O)Nc1ccccn1)C1CCN2C1. The number of hydrogen-bond donors (Lipinski definition) is 3. The molecule has 2 aromatic rings. The van der Waals surface area contributed by atoms with Gasteiger partial charge in [-0.25, -0.2) is 23.5 Å². The third kappa shape index (κ3) is 3.88. The van der Waals surface area contributed by atoms with Gasteiger partial charge in [0.1, 0.15) is 11.5 Å². The molecule has 4 N–H and O–H groups in total. The van der Waals surface area contributed by atoms with Gasteiger partial charge in [-0.05, 0) is 30.7 Å². The molecule has 0 aliphatic carbocycles. The number of nitrogens with one attached hydrogen (secondary N) is 2. The van der Waals surface area contributed by atoms with Crippen LogP contribution in [0.2, 0.25) is 0 Å². The first-order valence-electron chi connectivity index (χ1n) is 9.51. The molecule has 0 radical (unpaired) electrons. The first-order chi connectivity index (χ1) is 14.4. The summed E-state index contributed by atoms with van der Waals surface area (Å²) in [5, 5.41) is 4.89. The highest BCUT2D eigenvalue weighted by Crippen LogP contribution is 2.39. The zero-order valence-corrected chi connectivity index (χ0v) is 16.0. The van der Waals surface area contributed by atoms with Crippen molar-refractivity contribution in [2.75, 3.05) is 41.3 Å². The average molecular weight is 417 g/mol. The second-order valence-corrected chi connectivity index (χ2v) is 7.19. The highest BCUT2D eigenvalue weighted by Gasteiger charge is 2.40. The summed E-state index contributed by atoms with van der Waals surface area (Å²) in [4.78, 5) is 37.4. The number of nitrogens with zero attached hydrogens (tertiary/aromatic N) is 4. The Morgan fingerprint density at radius 1 is 1.27 bits per heavy atom. The molecule has 2 aromatic heterocycles. The molecule has 4 rings (SSSR count). The Labute approximate surface area is 171 Å². The van der Waals surface area contributed by atoms with Gasteiger partial charge in [-0.1, -0.05) is 6.07 Å². The van der Waals surface area contributed by atoms with Crippen LogP contribution >= 0.6 is 0 Å². The lowest BCUT2D eigenvalue weighted by Gasteiger charge is -2.35. The Hall–Kier alpha value is -3.34. The normalized spacial score (nSPS) is 17.5. The van der Waals surface area contributed by atoms with Crippen molar-refractivity contribution in [1.82, 2.24) is 15.3 Å². The second kappa shape index (κ2) is 7.82. The van der Waals surface area contributed by atoms with Crippen molar-refractivity contribution >= 4 is 29.3 Å². The second-order valence-electron chi connectivity index (χ2n) is 7.19. The molecule has 2 bridgehead atoms. The maximum Gasteiger partial charge on any atom is 0.329 e. The Morgan fingerprint density at radius 2 is 2.10 bits per heavy atom. The van der Waals surface area contributed by atoms with Crippen LogP contribution in [0.25, 0.3) is 0 Å². The number of rotatable bonds is 5. The van der Waals surface area contributed by atoms with Crippen molar-refractivity contribution in [2.24, 2.45) is 5.73 Å². The number of halogens is 2. The van der Waals surface area contributed by atoms with Gasteiger partial charge >= 0.3 is 6.03 Å². The Morgan fingerprint density at radius 3 is 2.83 bits per heavy atom. The van der Waals surface area contributed by atoms with Crippen LogP contribution < -0.4 is 26.2 Å². The number of fused-ring (bicyclic) bond motifs is 4. The predicted molar refractivity (Wildman–Crippen MR) is 107 cm³/mol. The van der Waals surface area contributed by atoms with Crippen molar-refractivity contribution in [3.63, 3.8) is 0 Å². The maximum atomic E-state index is 13.4. The van der Waals surface area contributed by atoms with Crippen molar-refractivity contribution < 1.29 is 18.4 Å². The molecule has 9 nitrogen and oxygen atoms in total. The van der Waals surface area contributed by atoms with Gasteiger partial charge in [-0.15, -0.1) is 0 Å². The maximum absolute atomic E-state index is 13.4. The molecular formula is C19H21F2N7O2. The summed E-state index contributed by atoms with van der Waals surface area (Å²) < 4.78 is 26.7. The molecule has 11 heteroatoms. The summed E-state index contributed by atoms with van der Waals surface area (Å²) in [5.41, 5.74) is 5.65. The molecule has 0 saturated carbocycles. The van der Waals surface area contributed by atoms with E-state index in [4.69, 9.17) is 5.73 Å². The molecule has 4 heterocycles. The molecule has 30 heavy (non-hydrogen) atoms. The van der Waals surface area contributed by atoms with Crippen LogP contribution in [-0.2, 0) is 0 Å². The molecule has 3 amide bonds. The fourth-order valence-electron chi connectivity index (χ4n) is 3.58. The van der Waals surface area contributed by atoms with E-state index in [0.717, 1.165) is 13.0 Å². The van der Waals surface area contributed by atoms with Crippen molar-refractivity contribution in [2.45, 2.75) is 18.4 Å². The number of nitrogens with two attached hydrogens (primary N) is 1. The minimum absolute atomic E-state index is 0.0558. The summed E-state index contributed by atoms with van der Waals surface area (Å²) in [7, 11) is 0. The topological polar surface area (TPSA) is 116 Å². The van der Waals surface area contributed by atoms with Gasteiger partial charge in [0.05, 0.1) is 24.8 Å².